The highest BCUT2D eigenvalue weighted by Gasteiger charge is 2.49. The summed E-state index contributed by atoms with van der Waals surface area (Å²) in [5.74, 6) is -0.684. The van der Waals surface area contributed by atoms with E-state index in [0.717, 1.165) is 43.6 Å². The lowest BCUT2D eigenvalue weighted by molar-refractivity contribution is -0.145. The number of benzene rings is 2. The smallest absolute Gasteiger partial charge is 0.318 e. The summed E-state index contributed by atoms with van der Waals surface area (Å²) in [5, 5.41) is 10.4. The Morgan fingerprint density at radius 3 is 2.08 bits per heavy atom. The topological polar surface area (TPSA) is 40.5 Å². The zero-order valence-electron chi connectivity index (χ0n) is 14.2. The normalized spacial score (nSPS) is 19.1. The zero-order valence-corrected chi connectivity index (χ0v) is 14.2. The molecule has 1 aliphatic rings. The summed E-state index contributed by atoms with van der Waals surface area (Å²) in [4.78, 5) is 15.1. The molecule has 0 saturated carbocycles. The fourth-order valence-corrected chi connectivity index (χ4v) is 4.16. The first-order valence-corrected chi connectivity index (χ1v) is 8.76. The van der Waals surface area contributed by atoms with E-state index in [4.69, 9.17) is 0 Å². The molecule has 1 aliphatic heterocycles. The molecule has 0 aromatic heterocycles. The molecular formula is C21H25NO2. The van der Waals surface area contributed by atoms with Gasteiger partial charge in [-0.15, -0.1) is 0 Å². The molecule has 3 nitrogen and oxygen atoms in total. The number of carboxylic acid groups (broad SMARTS) is 1. The van der Waals surface area contributed by atoms with Crippen LogP contribution in [0.4, 0.5) is 0 Å². The molecule has 1 unspecified atom stereocenters. The number of aliphatic carboxylic acids is 1. The number of nitrogens with zero attached hydrogens (tertiary/aromatic N) is 1. The van der Waals surface area contributed by atoms with Crippen molar-refractivity contribution in [3.05, 3.63) is 71.8 Å². The highest BCUT2D eigenvalue weighted by molar-refractivity contribution is 5.86. The van der Waals surface area contributed by atoms with Gasteiger partial charge in [0.25, 0.3) is 0 Å². The number of hydrogen-bond donors (Lipinski definition) is 1. The van der Waals surface area contributed by atoms with Crippen LogP contribution in [0.2, 0.25) is 0 Å². The second kappa shape index (κ2) is 7.18. The van der Waals surface area contributed by atoms with Crippen molar-refractivity contribution in [3.8, 4) is 0 Å². The molecule has 0 radical (unpaired) electrons. The van der Waals surface area contributed by atoms with Gasteiger partial charge in [0.15, 0.2) is 0 Å². The van der Waals surface area contributed by atoms with Gasteiger partial charge < -0.3 is 10.0 Å². The number of rotatable bonds is 5. The number of hydrogen-bond acceptors (Lipinski definition) is 2. The summed E-state index contributed by atoms with van der Waals surface area (Å²) in [5.41, 5.74) is 0.773. The third kappa shape index (κ3) is 2.84. The van der Waals surface area contributed by atoms with Crippen LogP contribution in [0.3, 0.4) is 0 Å². The minimum atomic E-state index is -0.990. The largest absolute Gasteiger partial charge is 0.480 e. The molecule has 0 amide bonds. The van der Waals surface area contributed by atoms with Crippen LogP contribution in [0, 0.1) is 5.92 Å². The van der Waals surface area contributed by atoms with Crippen molar-refractivity contribution in [1.82, 2.24) is 4.90 Å². The fourth-order valence-electron chi connectivity index (χ4n) is 4.16. The minimum Gasteiger partial charge on any atom is -0.480 e. The molecule has 126 valence electrons. The van der Waals surface area contributed by atoms with E-state index in [1.165, 1.54) is 0 Å². The Balaban J connectivity index is 2.17. The lowest BCUT2D eigenvalue weighted by atomic mass is 9.63. The Hall–Kier alpha value is -2.13. The second-order valence-corrected chi connectivity index (χ2v) is 6.58. The maximum Gasteiger partial charge on any atom is 0.318 e. The van der Waals surface area contributed by atoms with E-state index in [-0.39, 0.29) is 5.92 Å². The van der Waals surface area contributed by atoms with Gasteiger partial charge in [0.2, 0.25) is 0 Å². The van der Waals surface area contributed by atoms with Crippen LogP contribution in [-0.2, 0) is 10.2 Å². The Morgan fingerprint density at radius 2 is 1.62 bits per heavy atom. The van der Waals surface area contributed by atoms with E-state index in [2.05, 4.69) is 11.8 Å². The zero-order chi connectivity index (χ0) is 17.0. The van der Waals surface area contributed by atoms with Crippen LogP contribution in [0.25, 0.3) is 0 Å². The van der Waals surface area contributed by atoms with Gasteiger partial charge in [-0.2, -0.15) is 0 Å². The van der Waals surface area contributed by atoms with Gasteiger partial charge in [0.05, 0.1) is 0 Å². The molecule has 24 heavy (non-hydrogen) atoms. The van der Waals surface area contributed by atoms with Crippen LogP contribution < -0.4 is 0 Å². The Bertz CT molecular complexity index is 629. The molecule has 0 spiro atoms. The fraction of sp³-hybridized carbons (Fsp3) is 0.381. The van der Waals surface area contributed by atoms with E-state index in [0.29, 0.717) is 0 Å². The molecule has 1 atom stereocenters. The van der Waals surface area contributed by atoms with E-state index in [9.17, 15) is 9.90 Å². The first-order valence-electron chi connectivity index (χ1n) is 8.76. The van der Waals surface area contributed by atoms with Crippen molar-refractivity contribution >= 4 is 5.97 Å². The summed E-state index contributed by atoms with van der Waals surface area (Å²) in [6.45, 7) is 5.00. The third-order valence-corrected chi connectivity index (χ3v) is 5.36. The first-order chi connectivity index (χ1) is 11.7. The average Bonchev–Trinajstić information content (AvgIpc) is 2.64. The Kier molecular flexibility index (Phi) is 5.00. The second-order valence-electron chi connectivity index (χ2n) is 6.58. The summed E-state index contributed by atoms with van der Waals surface area (Å²) in [6, 6.07) is 19.5. The van der Waals surface area contributed by atoms with Gasteiger partial charge in [-0.3, -0.25) is 4.79 Å². The van der Waals surface area contributed by atoms with Crippen LogP contribution in [-0.4, -0.2) is 35.6 Å². The van der Waals surface area contributed by atoms with Crippen molar-refractivity contribution in [2.24, 2.45) is 5.92 Å². The molecular weight excluding hydrogens is 298 g/mol. The molecule has 2 aromatic carbocycles. The van der Waals surface area contributed by atoms with E-state index >= 15 is 0 Å². The molecule has 1 fully saturated rings. The quantitative estimate of drug-likeness (QED) is 0.910. The third-order valence-electron chi connectivity index (χ3n) is 5.36. The van der Waals surface area contributed by atoms with Crippen LogP contribution in [0.5, 0.6) is 0 Å². The average molecular weight is 323 g/mol. The highest BCUT2D eigenvalue weighted by Crippen LogP contribution is 2.43. The molecule has 2 aromatic rings. The highest BCUT2D eigenvalue weighted by atomic mass is 16.4. The first kappa shape index (κ1) is 16.7. The molecule has 1 heterocycles. The van der Waals surface area contributed by atoms with Crippen LogP contribution >= 0.6 is 0 Å². The molecule has 1 N–H and O–H groups in total. The van der Waals surface area contributed by atoms with Crippen LogP contribution in [0.15, 0.2) is 60.7 Å². The summed E-state index contributed by atoms with van der Waals surface area (Å²) >= 11 is 0. The van der Waals surface area contributed by atoms with Gasteiger partial charge in [-0.05, 0) is 43.0 Å². The maximum atomic E-state index is 12.7. The van der Waals surface area contributed by atoms with Crippen molar-refractivity contribution in [2.45, 2.75) is 25.2 Å². The SMILES string of the molecule is CCN1CCCC(C(C(=O)O)(c2ccccc2)c2ccccc2)C1. The van der Waals surface area contributed by atoms with Crippen molar-refractivity contribution in [2.75, 3.05) is 19.6 Å². The number of likely N-dealkylation sites (tertiary alicyclic amines) is 1. The Morgan fingerprint density at radius 1 is 1.08 bits per heavy atom. The van der Waals surface area contributed by atoms with Crippen molar-refractivity contribution < 1.29 is 9.90 Å². The van der Waals surface area contributed by atoms with Gasteiger partial charge in [0.1, 0.15) is 5.41 Å². The number of piperidine rings is 1. The predicted octanol–water partition coefficient (Wildman–Crippen LogP) is 3.79. The summed E-state index contributed by atoms with van der Waals surface area (Å²) in [6.07, 6.45) is 1.99. The van der Waals surface area contributed by atoms with Gasteiger partial charge in [-0.25, -0.2) is 0 Å². The van der Waals surface area contributed by atoms with Crippen molar-refractivity contribution in [1.29, 1.82) is 0 Å². The lowest BCUT2D eigenvalue weighted by Crippen LogP contribution is -2.51. The number of carbonyl (C=O) groups is 1. The Labute approximate surface area is 143 Å². The van der Waals surface area contributed by atoms with Gasteiger partial charge in [0, 0.05) is 6.54 Å². The molecule has 0 bridgehead atoms. The van der Waals surface area contributed by atoms with Gasteiger partial charge in [-0.1, -0.05) is 67.6 Å². The molecule has 3 rings (SSSR count). The van der Waals surface area contributed by atoms with Crippen molar-refractivity contribution in [3.63, 3.8) is 0 Å². The minimum absolute atomic E-state index is 0.0634. The van der Waals surface area contributed by atoms with Gasteiger partial charge >= 0.3 is 5.97 Å². The van der Waals surface area contributed by atoms with E-state index in [1.54, 1.807) is 0 Å². The van der Waals surface area contributed by atoms with E-state index < -0.39 is 11.4 Å². The van der Waals surface area contributed by atoms with E-state index in [1.807, 2.05) is 60.7 Å². The lowest BCUT2D eigenvalue weighted by Gasteiger charge is -2.43. The molecule has 0 aliphatic carbocycles. The molecule has 1 saturated heterocycles. The monoisotopic (exact) mass is 323 g/mol. The predicted molar refractivity (Wildman–Crippen MR) is 96.1 cm³/mol. The maximum absolute atomic E-state index is 12.7. The summed E-state index contributed by atoms with van der Waals surface area (Å²) in [7, 11) is 0. The molecule has 3 heteroatoms. The summed E-state index contributed by atoms with van der Waals surface area (Å²) < 4.78 is 0. The number of carboxylic acids is 1. The van der Waals surface area contributed by atoms with Crippen LogP contribution in [0.1, 0.15) is 30.9 Å². The standard InChI is InChI=1S/C21H25NO2/c1-2-22-15-9-14-19(16-22)21(20(23)24,17-10-5-3-6-11-17)18-12-7-4-8-13-18/h3-8,10-13,19H,2,9,14-16H2,1H3,(H,23,24).